The molecule has 1 aromatic heterocycles. The number of carbonyl (C=O) groups is 2. The van der Waals surface area contributed by atoms with Gasteiger partial charge in [0.05, 0.1) is 11.7 Å². The zero-order valence-electron chi connectivity index (χ0n) is 11.3. The molecule has 108 valence electrons. The molecule has 2 N–H and O–H groups in total. The van der Waals surface area contributed by atoms with Gasteiger partial charge in [-0.3, -0.25) is 9.59 Å². The first-order valence-electron chi connectivity index (χ1n) is 6.71. The molecular weight excluding hydrogens is 270 g/mol. The molecule has 1 aliphatic rings. The number of nitrogens with zero attached hydrogens (tertiary/aromatic N) is 2. The molecule has 0 saturated heterocycles. The minimum Gasteiger partial charge on any atom is -0.481 e. The van der Waals surface area contributed by atoms with E-state index >= 15 is 0 Å². The molecule has 1 heterocycles. The molecule has 2 aromatic rings. The van der Waals surface area contributed by atoms with E-state index in [1.54, 1.807) is 24.7 Å². The number of benzene rings is 1. The van der Waals surface area contributed by atoms with E-state index in [1.807, 2.05) is 22.9 Å². The van der Waals surface area contributed by atoms with Gasteiger partial charge >= 0.3 is 5.97 Å². The van der Waals surface area contributed by atoms with Crippen molar-refractivity contribution in [3.05, 3.63) is 48.5 Å². The minimum absolute atomic E-state index is 0.185. The summed E-state index contributed by atoms with van der Waals surface area (Å²) in [5.41, 5.74) is 0.681. The molecule has 21 heavy (non-hydrogen) atoms. The highest BCUT2D eigenvalue weighted by atomic mass is 16.4. The molecule has 6 nitrogen and oxygen atoms in total. The van der Waals surface area contributed by atoms with Crippen LogP contribution in [0.4, 0.5) is 0 Å². The number of imidazole rings is 1. The van der Waals surface area contributed by atoms with E-state index in [-0.39, 0.29) is 12.5 Å². The highest BCUT2D eigenvalue weighted by Gasteiger charge is 2.50. The van der Waals surface area contributed by atoms with E-state index in [9.17, 15) is 9.59 Å². The van der Waals surface area contributed by atoms with Crippen LogP contribution in [-0.2, 0) is 4.79 Å². The Balaban J connectivity index is 1.64. The summed E-state index contributed by atoms with van der Waals surface area (Å²) in [7, 11) is 0. The maximum Gasteiger partial charge on any atom is 0.311 e. The average molecular weight is 285 g/mol. The van der Waals surface area contributed by atoms with E-state index < -0.39 is 11.4 Å². The average Bonchev–Trinajstić information content (AvgIpc) is 3.10. The van der Waals surface area contributed by atoms with Crippen molar-refractivity contribution in [3.8, 4) is 5.69 Å². The lowest BCUT2D eigenvalue weighted by Crippen LogP contribution is -2.34. The van der Waals surface area contributed by atoms with Gasteiger partial charge in [-0.25, -0.2) is 4.98 Å². The predicted octanol–water partition coefficient (Wildman–Crippen LogP) is 1.47. The van der Waals surface area contributed by atoms with Crippen molar-refractivity contribution in [1.29, 1.82) is 0 Å². The number of aliphatic carboxylic acids is 1. The molecule has 1 amide bonds. The van der Waals surface area contributed by atoms with Gasteiger partial charge in [0.1, 0.15) is 0 Å². The summed E-state index contributed by atoms with van der Waals surface area (Å²) in [4.78, 5) is 27.0. The van der Waals surface area contributed by atoms with Crippen LogP contribution in [-0.4, -0.2) is 33.1 Å². The quantitative estimate of drug-likeness (QED) is 0.871. The lowest BCUT2D eigenvalue weighted by atomic mass is 10.1. The molecule has 0 atom stereocenters. The van der Waals surface area contributed by atoms with E-state index in [1.165, 1.54) is 0 Å². The Hall–Kier alpha value is -2.63. The standard InChI is InChI=1S/C15H15N3O3/c19-13(17-9-15(5-6-15)14(20)21)11-1-3-12(4-2-11)18-8-7-16-10-18/h1-4,7-8,10H,5-6,9H2,(H,17,19)(H,20,21). The van der Waals surface area contributed by atoms with Crippen molar-refractivity contribution < 1.29 is 14.7 Å². The maximum atomic E-state index is 12.0. The zero-order valence-corrected chi connectivity index (χ0v) is 11.3. The summed E-state index contributed by atoms with van der Waals surface area (Å²) in [5.74, 6) is -1.09. The van der Waals surface area contributed by atoms with Crippen LogP contribution in [0, 0.1) is 5.41 Å². The first-order chi connectivity index (χ1) is 10.1. The van der Waals surface area contributed by atoms with Crippen molar-refractivity contribution in [1.82, 2.24) is 14.9 Å². The first-order valence-corrected chi connectivity index (χ1v) is 6.71. The third-order valence-electron chi connectivity index (χ3n) is 3.83. The Bertz CT molecular complexity index is 658. The number of hydrogen-bond acceptors (Lipinski definition) is 3. The summed E-state index contributed by atoms with van der Waals surface area (Å²) in [6.45, 7) is 0.185. The predicted molar refractivity (Wildman–Crippen MR) is 75.2 cm³/mol. The maximum absolute atomic E-state index is 12.0. The Labute approximate surface area is 121 Å². The number of aromatic nitrogens is 2. The van der Waals surface area contributed by atoms with Crippen molar-refractivity contribution in [2.75, 3.05) is 6.54 Å². The van der Waals surface area contributed by atoms with Gasteiger partial charge < -0.3 is 15.0 Å². The Morgan fingerprint density at radius 3 is 2.52 bits per heavy atom. The number of carboxylic acids is 1. The topological polar surface area (TPSA) is 84.2 Å². The second-order valence-electron chi connectivity index (χ2n) is 5.28. The van der Waals surface area contributed by atoms with Crippen LogP contribution in [0.5, 0.6) is 0 Å². The smallest absolute Gasteiger partial charge is 0.311 e. The van der Waals surface area contributed by atoms with Gasteiger partial charge in [0.15, 0.2) is 0 Å². The lowest BCUT2D eigenvalue weighted by Gasteiger charge is -2.11. The van der Waals surface area contributed by atoms with Crippen molar-refractivity contribution in [3.63, 3.8) is 0 Å². The number of nitrogens with one attached hydrogen (secondary N) is 1. The Morgan fingerprint density at radius 1 is 1.29 bits per heavy atom. The monoisotopic (exact) mass is 285 g/mol. The van der Waals surface area contributed by atoms with Gasteiger partial charge in [-0.15, -0.1) is 0 Å². The molecule has 0 unspecified atom stereocenters. The van der Waals surface area contributed by atoms with E-state index in [0.717, 1.165) is 5.69 Å². The fourth-order valence-corrected chi connectivity index (χ4v) is 2.17. The van der Waals surface area contributed by atoms with Crippen LogP contribution < -0.4 is 5.32 Å². The van der Waals surface area contributed by atoms with Crippen LogP contribution in [0.15, 0.2) is 43.0 Å². The highest BCUT2D eigenvalue weighted by molar-refractivity contribution is 5.94. The van der Waals surface area contributed by atoms with Crippen LogP contribution in [0.25, 0.3) is 5.69 Å². The normalized spacial score (nSPS) is 15.4. The third-order valence-corrected chi connectivity index (χ3v) is 3.83. The number of rotatable bonds is 5. The summed E-state index contributed by atoms with van der Waals surface area (Å²) >= 11 is 0. The van der Waals surface area contributed by atoms with E-state index in [2.05, 4.69) is 10.3 Å². The lowest BCUT2D eigenvalue weighted by molar-refractivity contribution is -0.143. The molecule has 1 aliphatic carbocycles. The van der Waals surface area contributed by atoms with Crippen LogP contribution >= 0.6 is 0 Å². The molecule has 0 radical (unpaired) electrons. The number of carboxylic acid groups (broad SMARTS) is 1. The van der Waals surface area contributed by atoms with Gasteiger partial charge in [0.2, 0.25) is 0 Å². The van der Waals surface area contributed by atoms with Crippen molar-refractivity contribution in [2.24, 2.45) is 5.41 Å². The Morgan fingerprint density at radius 2 is 2.00 bits per heavy atom. The molecule has 0 aliphatic heterocycles. The summed E-state index contributed by atoms with van der Waals surface area (Å²) in [6, 6.07) is 7.07. The first kappa shape index (κ1) is 13.4. The van der Waals surface area contributed by atoms with E-state index in [0.29, 0.717) is 18.4 Å². The Kier molecular flexibility index (Phi) is 3.21. The molecule has 6 heteroatoms. The molecule has 0 bridgehead atoms. The van der Waals surface area contributed by atoms with Gasteiger partial charge in [-0.05, 0) is 37.1 Å². The molecule has 1 saturated carbocycles. The van der Waals surface area contributed by atoms with Gasteiger partial charge in [-0.1, -0.05) is 0 Å². The van der Waals surface area contributed by atoms with Crippen LogP contribution in [0.1, 0.15) is 23.2 Å². The molecule has 1 aromatic carbocycles. The summed E-state index contributed by atoms with van der Waals surface area (Å²) in [6.07, 6.45) is 6.43. The fraction of sp³-hybridized carbons (Fsp3) is 0.267. The molecule has 1 fully saturated rings. The molecule has 0 spiro atoms. The second-order valence-corrected chi connectivity index (χ2v) is 5.28. The van der Waals surface area contributed by atoms with Crippen molar-refractivity contribution >= 4 is 11.9 Å². The number of carbonyl (C=O) groups excluding carboxylic acids is 1. The summed E-state index contributed by atoms with van der Waals surface area (Å²) in [5, 5.41) is 11.8. The third kappa shape index (κ3) is 2.65. The van der Waals surface area contributed by atoms with Crippen LogP contribution in [0.2, 0.25) is 0 Å². The van der Waals surface area contributed by atoms with Gasteiger partial charge in [-0.2, -0.15) is 0 Å². The molecular formula is C15H15N3O3. The largest absolute Gasteiger partial charge is 0.481 e. The highest BCUT2D eigenvalue weighted by Crippen LogP contribution is 2.45. The minimum atomic E-state index is -0.835. The van der Waals surface area contributed by atoms with Crippen molar-refractivity contribution in [2.45, 2.75) is 12.8 Å². The van der Waals surface area contributed by atoms with Gasteiger partial charge in [0, 0.05) is 30.2 Å². The number of hydrogen-bond donors (Lipinski definition) is 2. The number of amides is 1. The second kappa shape index (κ2) is 5.05. The fourth-order valence-electron chi connectivity index (χ4n) is 2.17. The van der Waals surface area contributed by atoms with Gasteiger partial charge in [0.25, 0.3) is 5.91 Å². The van der Waals surface area contributed by atoms with E-state index in [4.69, 9.17) is 5.11 Å². The molecule has 3 rings (SSSR count). The summed E-state index contributed by atoms with van der Waals surface area (Å²) < 4.78 is 1.84. The van der Waals surface area contributed by atoms with Crippen LogP contribution in [0.3, 0.4) is 0 Å². The SMILES string of the molecule is O=C(NCC1(C(=O)O)CC1)c1ccc(-n2ccnc2)cc1. The zero-order chi connectivity index (χ0) is 14.9.